The minimum Gasteiger partial charge on any atom is -0.455 e. The highest BCUT2D eigenvalue weighted by Gasteiger charge is 2.21. The van der Waals surface area contributed by atoms with Crippen LogP contribution in [0.25, 0.3) is 0 Å². The van der Waals surface area contributed by atoms with Gasteiger partial charge in [-0.05, 0) is 34.7 Å². The molecule has 0 radical (unpaired) electrons. The van der Waals surface area contributed by atoms with E-state index in [1.807, 2.05) is 0 Å². The minimum atomic E-state index is -0.685. The Balaban J connectivity index is 1.43. The molecular formula is C22H18FN7O4S. The first kappa shape index (κ1) is 23.6. The molecule has 2 aromatic carbocycles. The summed E-state index contributed by atoms with van der Waals surface area (Å²) in [5, 5.41) is 15.0. The van der Waals surface area contributed by atoms with Crippen LogP contribution in [-0.2, 0) is 27.5 Å². The zero-order chi connectivity index (χ0) is 24.8. The van der Waals surface area contributed by atoms with Gasteiger partial charge in [-0.1, -0.05) is 24.3 Å². The molecule has 2 heterocycles. The Morgan fingerprint density at radius 3 is 2.66 bits per heavy atom. The summed E-state index contributed by atoms with van der Waals surface area (Å²) in [7, 11) is 0. The van der Waals surface area contributed by atoms with Crippen molar-refractivity contribution in [2.45, 2.75) is 20.1 Å². The van der Waals surface area contributed by atoms with E-state index < -0.39 is 23.6 Å². The van der Waals surface area contributed by atoms with Gasteiger partial charge in [0.1, 0.15) is 25.3 Å². The standard InChI is InChI=1S/C22H18FN7O4S/c1-14(31)30(19-9-5-3-7-17(19)23)22-25-15(12-35-22)11-34-21(33)16-6-2-4-8-18(16)26-20(32)10-29-13-24-27-28-29/h2-9,12-13H,10-11H2,1H3,(H,26,32). The van der Waals surface area contributed by atoms with Gasteiger partial charge in [0, 0.05) is 12.3 Å². The van der Waals surface area contributed by atoms with Crippen molar-refractivity contribution >= 4 is 45.6 Å². The maximum Gasteiger partial charge on any atom is 0.340 e. The first-order valence-corrected chi connectivity index (χ1v) is 11.1. The van der Waals surface area contributed by atoms with E-state index in [9.17, 15) is 18.8 Å². The molecule has 0 unspecified atom stereocenters. The van der Waals surface area contributed by atoms with Gasteiger partial charge in [-0.15, -0.1) is 16.4 Å². The summed E-state index contributed by atoms with van der Waals surface area (Å²) in [6.07, 6.45) is 1.29. The molecule has 13 heteroatoms. The predicted molar refractivity (Wildman–Crippen MR) is 123 cm³/mol. The highest BCUT2D eigenvalue weighted by Crippen LogP contribution is 2.31. The van der Waals surface area contributed by atoms with Crippen LogP contribution in [-0.4, -0.2) is 43.0 Å². The number of amides is 2. The first-order valence-electron chi connectivity index (χ1n) is 10.2. The molecule has 178 valence electrons. The molecule has 4 aromatic rings. The number of tetrazole rings is 1. The Hall–Kier alpha value is -4.52. The number of thiazole rings is 1. The minimum absolute atomic E-state index is 0.0734. The van der Waals surface area contributed by atoms with Crippen molar-refractivity contribution in [1.82, 2.24) is 25.2 Å². The zero-order valence-corrected chi connectivity index (χ0v) is 19.1. The summed E-state index contributed by atoms with van der Waals surface area (Å²) >= 11 is 1.11. The van der Waals surface area contributed by atoms with E-state index >= 15 is 0 Å². The van der Waals surface area contributed by atoms with Crippen LogP contribution >= 0.6 is 11.3 Å². The van der Waals surface area contributed by atoms with Crippen LogP contribution in [0.3, 0.4) is 0 Å². The van der Waals surface area contributed by atoms with Gasteiger partial charge in [0.15, 0.2) is 5.13 Å². The number of carbonyl (C=O) groups is 3. The van der Waals surface area contributed by atoms with E-state index in [1.165, 1.54) is 42.2 Å². The van der Waals surface area contributed by atoms with Crippen molar-refractivity contribution in [3.05, 3.63) is 77.3 Å². The SMILES string of the molecule is CC(=O)N(c1nc(COC(=O)c2ccccc2NC(=O)Cn2cnnn2)cs1)c1ccccc1F. The molecule has 0 bridgehead atoms. The summed E-state index contributed by atoms with van der Waals surface area (Å²) in [6.45, 7) is 0.982. The van der Waals surface area contributed by atoms with Gasteiger partial charge in [-0.2, -0.15) is 0 Å². The number of nitrogens with zero attached hydrogens (tertiary/aromatic N) is 6. The molecular weight excluding hydrogens is 477 g/mol. The Labute approximate surface area is 202 Å². The molecule has 0 spiro atoms. The summed E-state index contributed by atoms with van der Waals surface area (Å²) in [4.78, 5) is 42.6. The number of halogens is 1. The topological polar surface area (TPSA) is 132 Å². The van der Waals surface area contributed by atoms with Gasteiger partial charge >= 0.3 is 5.97 Å². The number of para-hydroxylation sites is 2. The molecule has 0 aliphatic carbocycles. The summed E-state index contributed by atoms with van der Waals surface area (Å²) < 4.78 is 20.8. The van der Waals surface area contributed by atoms with Crippen molar-refractivity contribution in [2.75, 3.05) is 10.2 Å². The number of ether oxygens (including phenoxy) is 1. The van der Waals surface area contributed by atoms with Crippen molar-refractivity contribution in [1.29, 1.82) is 0 Å². The molecule has 11 nitrogen and oxygen atoms in total. The van der Waals surface area contributed by atoms with E-state index in [1.54, 1.807) is 29.6 Å². The van der Waals surface area contributed by atoms with E-state index in [-0.39, 0.29) is 35.2 Å². The van der Waals surface area contributed by atoms with Gasteiger partial charge < -0.3 is 10.1 Å². The van der Waals surface area contributed by atoms with Gasteiger partial charge in [-0.3, -0.25) is 14.5 Å². The Bertz CT molecular complexity index is 1360. The van der Waals surface area contributed by atoms with Crippen molar-refractivity contribution in [3.8, 4) is 0 Å². The average molecular weight is 495 g/mol. The third kappa shape index (κ3) is 5.70. The van der Waals surface area contributed by atoms with E-state index in [2.05, 4.69) is 25.8 Å². The lowest BCUT2D eigenvalue weighted by molar-refractivity contribution is -0.117. The van der Waals surface area contributed by atoms with Crippen LogP contribution in [0.5, 0.6) is 0 Å². The van der Waals surface area contributed by atoms with Crippen LogP contribution in [0.15, 0.2) is 60.2 Å². The van der Waals surface area contributed by atoms with Crippen molar-refractivity contribution in [2.24, 2.45) is 0 Å². The van der Waals surface area contributed by atoms with Crippen LogP contribution in [0.2, 0.25) is 0 Å². The number of anilines is 3. The van der Waals surface area contributed by atoms with Crippen LogP contribution in [0, 0.1) is 5.82 Å². The quantitative estimate of drug-likeness (QED) is 0.369. The van der Waals surface area contributed by atoms with Gasteiger partial charge in [-0.25, -0.2) is 18.9 Å². The van der Waals surface area contributed by atoms with Crippen molar-refractivity contribution in [3.63, 3.8) is 0 Å². The number of esters is 1. The second-order valence-corrected chi connectivity index (χ2v) is 7.94. The van der Waals surface area contributed by atoms with E-state index in [4.69, 9.17) is 4.74 Å². The molecule has 0 aliphatic rings. The molecule has 35 heavy (non-hydrogen) atoms. The highest BCUT2D eigenvalue weighted by molar-refractivity contribution is 7.14. The number of hydrogen-bond donors (Lipinski definition) is 1. The number of nitrogens with one attached hydrogen (secondary N) is 1. The second kappa shape index (κ2) is 10.6. The maximum absolute atomic E-state index is 14.2. The average Bonchev–Trinajstić information content (AvgIpc) is 3.51. The van der Waals surface area contributed by atoms with E-state index in [0.29, 0.717) is 5.69 Å². The summed E-state index contributed by atoms with van der Waals surface area (Å²) in [5.41, 5.74) is 0.854. The molecule has 4 rings (SSSR count). The predicted octanol–water partition coefficient (Wildman–Crippen LogP) is 2.95. The smallest absolute Gasteiger partial charge is 0.340 e. The van der Waals surface area contributed by atoms with Crippen molar-refractivity contribution < 1.29 is 23.5 Å². The number of carbonyl (C=O) groups excluding carboxylic acids is 3. The van der Waals surface area contributed by atoms with E-state index in [0.717, 1.165) is 16.2 Å². The van der Waals surface area contributed by atoms with Crippen LogP contribution in [0.1, 0.15) is 23.0 Å². The third-order valence-corrected chi connectivity index (χ3v) is 5.48. The summed E-state index contributed by atoms with van der Waals surface area (Å²) in [5.74, 6) is -2.10. The number of hydrogen-bond acceptors (Lipinski definition) is 9. The number of rotatable bonds is 8. The first-order chi connectivity index (χ1) is 16.9. The van der Waals surface area contributed by atoms with Gasteiger partial charge in [0.05, 0.1) is 22.6 Å². The highest BCUT2D eigenvalue weighted by atomic mass is 32.1. The maximum atomic E-state index is 14.2. The monoisotopic (exact) mass is 495 g/mol. The third-order valence-electron chi connectivity index (χ3n) is 4.61. The summed E-state index contributed by atoms with van der Waals surface area (Å²) in [6, 6.07) is 12.2. The Kier molecular flexibility index (Phi) is 7.16. The fraction of sp³-hybridized carbons (Fsp3) is 0.136. The zero-order valence-electron chi connectivity index (χ0n) is 18.3. The largest absolute Gasteiger partial charge is 0.455 e. The molecule has 2 amide bonds. The van der Waals surface area contributed by atoms with Gasteiger partial charge in [0.25, 0.3) is 0 Å². The van der Waals surface area contributed by atoms with Crippen LogP contribution in [0.4, 0.5) is 20.9 Å². The fourth-order valence-electron chi connectivity index (χ4n) is 3.08. The number of aromatic nitrogens is 5. The molecule has 0 atom stereocenters. The lowest BCUT2D eigenvalue weighted by Gasteiger charge is -2.18. The lowest BCUT2D eigenvalue weighted by Crippen LogP contribution is -2.23. The normalized spacial score (nSPS) is 10.6. The second-order valence-electron chi connectivity index (χ2n) is 7.10. The molecule has 0 saturated carbocycles. The van der Waals surface area contributed by atoms with Crippen LogP contribution < -0.4 is 10.2 Å². The fourth-order valence-corrected chi connectivity index (χ4v) is 3.95. The van der Waals surface area contributed by atoms with Gasteiger partial charge in [0.2, 0.25) is 11.8 Å². The molecule has 1 N–H and O–H groups in total. The Morgan fingerprint density at radius 1 is 1.14 bits per heavy atom. The lowest BCUT2D eigenvalue weighted by atomic mass is 10.2. The molecule has 0 saturated heterocycles. The molecule has 0 aliphatic heterocycles. The molecule has 2 aromatic heterocycles. The molecule has 0 fully saturated rings. The Morgan fingerprint density at radius 2 is 1.91 bits per heavy atom. The number of benzene rings is 2.